The summed E-state index contributed by atoms with van der Waals surface area (Å²) < 4.78 is 10.4. The maximum atomic E-state index is 11.3. The van der Waals surface area contributed by atoms with Gasteiger partial charge in [0.05, 0.1) is 18.9 Å². The molecular formula is C25H27N3O5S. The normalized spacial score (nSPS) is 15.9. The van der Waals surface area contributed by atoms with Crippen LogP contribution in [0.25, 0.3) is 0 Å². The van der Waals surface area contributed by atoms with E-state index in [9.17, 15) is 9.59 Å². The summed E-state index contributed by atoms with van der Waals surface area (Å²) in [6.07, 6.45) is 1.63. The summed E-state index contributed by atoms with van der Waals surface area (Å²) in [6.45, 7) is 5.29. The fourth-order valence-corrected chi connectivity index (χ4v) is 4.80. The van der Waals surface area contributed by atoms with E-state index in [1.807, 2.05) is 6.07 Å². The van der Waals surface area contributed by atoms with Gasteiger partial charge in [-0.1, -0.05) is 42.1 Å². The molecule has 34 heavy (non-hydrogen) atoms. The smallest absolute Gasteiger partial charge is 0.331 e. The third-order valence-electron chi connectivity index (χ3n) is 5.50. The SMILES string of the molecule is O=C(O)/C=C/C(=O)OCCOCCN1CCN(C2=Nc3ccccc3Sc3ccccc32)CC1. The molecule has 0 aliphatic carbocycles. The highest BCUT2D eigenvalue weighted by Gasteiger charge is 2.25. The van der Waals surface area contributed by atoms with Crippen molar-refractivity contribution in [1.29, 1.82) is 0 Å². The van der Waals surface area contributed by atoms with Crippen molar-refractivity contribution in [1.82, 2.24) is 9.80 Å². The highest BCUT2D eigenvalue weighted by atomic mass is 32.2. The van der Waals surface area contributed by atoms with Gasteiger partial charge in [0, 0.05) is 60.2 Å². The van der Waals surface area contributed by atoms with E-state index in [1.54, 1.807) is 11.8 Å². The first-order valence-electron chi connectivity index (χ1n) is 11.2. The number of piperazine rings is 1. The molecule has 0 radical (unpaired) electrons. The number of esters is 1. The highest BCUT2D eigenvalue weighted by molar-refractivity contribution is 7.99. The molecule has 9 heteroatoms. The van der Waals surface area contributed by atoms with Crippen LogP contribution in [0.5, 0.6) is 0 Å². The predicted octanol–water partition coefficient (Wildman–Crippen LogP) is 3.05. The third-order valence-corrected chi connectivity index (χ3v) is 6.64. The first-order chi connectivity index (χ1) is 16.6. The maximum Gasteiger partial charge on any atom is 0.331 e. The van der Waals surface area contributed by atoms with Crippen LogP contribution in [-0.2, 0) is 19.1 Å². The fourth-order valence-electron chi connectivity index (χ4n) is 3.78. The molecule has 1 saturated heterocycles. The number of carboxylic acids is 1. The van der Waals surface area contributed by atoms with E-state index >= 15 is 0 Å². The van der Waals surface area contributed by atoms with E-state index in [-0.39, 0.29) is 13.2 Å². The molecule has 0 spiro atoms. The van der Waals surface area contributed by atoms with Crippen LogP contribution in [0.1, 0.15) is 5.56 Å². The molecule has 4 rings (SSSR count). The maximum absolute atomic E-state index is 11.3. The molecule has 2 aliphatic rings. The summed E-state index contributed by atoms with van der Waals surface area (Å²) in [5.74, 6) is -0.846. The van der Waals surface area contributed by atoms with Crippen molar-refractivity contribution in [2.75, 3.05) is 52.5 Å². The quantitative estimate of drug-likeness (QED) is 0.350. The Labute approximate surface area is 202 Å². The minimum atomic E-state index is -1.19. The molecule has 1 N–H and O–H groups in total. The van der Waals surface area contributed by atoms with Gasteiger partial charge in [-0.15, -0.1) is 0 Å². The summed E-state index contributed by atoms with van der Waals surface area (Å²) in [5, 5.41) is 8.48. The molecule has 0 amide bonds. The van der Waals surface area contributed by atoms with Crippen molar-refractivity contribution in [2.24, 2.45) is 4.99 Å². The first-order valence-corrected chi connectivity index (χ1v) is 12.0. The molecule has 0 atom stereocenters. The number of aliphatic imine (C=N–C) groups is 1. The number of carbonyl (C=O) groups is 2. The van der Waals surface area contributed by atoms with Gasteiger partial charge in [-0.2, -0.15) is 0 Å². The van der Waals surface area contributed by atoms with Gasteiger partial charge in [-0.3, -0.25) is 4.90 Å². The van der Waals surface area contributed by atoms with Gasteiger partial charge in [-0.05, 0) is 18.2 Å². The number of rotatable bonds is 8. The number of carbonyl (C=O) groups excluding carboxylic acids is 1. The van der Waals surface area contributed by atoms with Crippen LogP contribution in [0.15, 0.2) is 75.5 Å². The molecule has 178 valence electrons. The second-order valence-corrected chi connectivity index (χ2v) is 8.87. The minimum absolute atomic E-state index is 0.0925. The number of ether oxygens (including phenoxy) is 2. The van der Waals surface area contributed by atoms with Crippen molar-refractivity contribution in [2.45, 2.75) is 9.79 Å². The Morgan fingerprint density at radius 2 is 1.68 bits per heavy atom. The van der Waals surface area contributed by atoms with Gasteiger partial charge in [0.1, 0.15) is 12.4 Å². The van der Waals surface area contributed by atoms with E-state index in [0.717, 1.165) is 56.4 Å². The Kier molecular flexibility index (Phi) is 8.35. The lowest BCUT2D eigenvalue weighted by molar-refractivity contribution is -0.140. The van der Waals surface area contributed by atoms with E-state index in [4.69, 9.17) is 19.6 Å². The highest BCUT2D eigenvalue weighted by Crippen LogP contribution is 2.40. The first kappa shape index (κ1) is 24.0. The summed E-state index contributed by atoms with van der Waals surface area (Å²) in [5.41, 5.74) is 2.18. The van der Waals surface area contributed by atoms with Crippen molar-refractivity contribution < 1.29 is 24.2 Å². The summed E-state index contributed by atoms with van der Waals surface area (Å²) in [4.78, 5) is 33.8. The number of hydrogen-bond donors (Lipinski definition) is 1. The third kappa shape index (κ3) is 6.47. The van der Waals surface area contributed by atoms with E-state index in [2.05, 4.69) is 52.3 Å². The molecule has 2 aliphatic heterocycles. The van der Waals surface area contributed by atoms with Crippen LogP contribution in [0.4, 0.5) is 5.69 Å². The monoisotopic (exact) mass is 481 g/mol. The molecule has 1 fully saturated rings. The Balaban J connectivity index is 1.24. The van der Waals surface area contributed by atoms with Gasteiger partial charge in [-0.25, -0.2) is 14.6 Å². The molecular weight excluding hydrogens is 454 g/mol. The Hall–Kier alpha value is -3.14. The predicted molar refractivity (Wildman–Crippen MR) is 130 cm³/mol. The number of carboxylic acid groups (broad SMARTS) is 1. The van der Waals surface area contributed by atoms with Crippen LogP contribution in [0.3, 0.4) is 0 Å². The Morgan fingerprint density at radius 1 is 0.941 bits per heavy atom. The average molecular weight is 482 g/mol. The van der Waals surface area contributed by atoms with E-state index in [0.29, 0.717) is 6.61 Å². The molecule has 8 nitrogen and oxygen atoms in total. The van der Waals surface area contributed by atoms with Gasteiger partial charge in [0.25, 0.3) is 0 Å². The molecule has 0 aromatic heterocycles. The van der Waals surface area contributed by atoms with Crippen LogP contribution in [0.2, 0.25) is 0 Å². The summed E-state index contributed by atoms with van der Waals surface area (Å²) in [7, 11) is 0. The number of aliphatic carboxylic acids is 1. The average Bonchev–Trinajstić information content (AvgIpc) is 3.02. The van der Waals surface area contributed by atoms with Gasteiger partial charge < -0.3 is 19.5 Å². The van der Waals surface area contributed by atoms with Crippen molar-refractivity contribution in [3.8, 4) is 0 Å². The van der Waals surface area contributed by atoms with Crippen LogP contribution >= 0.6 is 11.8 Å². The Bertz CT molecular complexity index is 1080. The van der Waals surface area contributed by atoms with Crippen molar-refractivity contribution >= 4 is 35.2 Å². The lowest BCUT2D eigenvalue weighted by atomic mass is 10.1. The molecule has 0 unspecified atom stereocenters. The largest absolute Gasteiger partial charge is 0.478 e. The van der Waals surface area contributed by atoms with E-state index in [1.165, 1.54) is 15.4 Å². The zero-order chi connectivity index (χ0) is 23.8. The van der Waals surface area contributed by atoms with Gasteiger partial charge >= 0.3 is 11.9 Å². The number of fused-ring (bicyclic) bond motifs is 2. The number of nitrogens with zero attached hydrogens (tertiary/aromatic N) is 3. The zero-order valence-electron chi connectivity index (χ0n) is 18.8. The van der Waals surface area contributed by atoms with Crippen molar-refractivity contribution in [3.05, 3.63) is 66.2 Å². The number of benzene rings is 2. The number of amidine groups is 1. The van der Waals surface area contributed by atoms with Crippen LogP contribution < -0.4 is 0 Å². The fraction of sp³-hybridized carbons (Fsp3) is 0.320. The van der Waals surface area contributed by atoms with Crippen LogP contribution in [-0.4, -0.2) is 85.2 Å². The molecule has 2 aromatic rings. The van der Waals surface area contributed by atoms with Crippen LogP contribution in [0, 0.1) is 0 Å². The standard InChI is InChI=1S/C25H27N3O5S/c29-23(30)9-10-24(31)33-18-17-32-16-15-27-11-13-28(14-12-27)25-19-5-1-3-7-21(19)34-22-8-4-2-6-20(22)26-25/h1-10H,11-18H2,(H,29,30)/b10-9+. The second-order valence-electron chi connectivity index (χ2n) is 7.78. The molecule has 0 saturated carbocycles. The zero-order valence-corrected chi connectivity index (χ0v) is 19.6. The summed E-state index contributed by atoms with van der Waals surface area (Å²) >= 11 is 1.77. The topological polar surface area (TPSA) is 91.7 Å². The molecule has 0 bridgehead atoms. The summed E-state index contributed by atoms with van der Waals surface area (Å²) in [6, 6.07) is 16.7. The second kappa shape index (κ2) is 11.8. The van der Waals surface area contributed by atoms with Gasteiger partial charge in [0.15, 0.2) is 0 Å². The molecule has 2 aromatic carbocycles. The molecule has 2 heterocycles. The lowest BCUT2D eigenvalue weighted by Crippen LogP contribution is -2.49. The minimum Gasteiger partial charge on any atom is -0.478 e. The lowest BCUT2D eigenvalue weighted by Gasteiger charge is -2.36. The Morgan fingerprint density at radius 3 is 2.47 bits per heavy atom. The number of hydrogen-bond acceptors (Lipinski definition) is 8. The van der Waals surface area contributed by atoms with E-state index < -0.39 is 11.9 Å². The van der Waals surface area contributed by atoms with Gasteiger partial charge in [0.2, 0.25) is 0 Å². The van der Waals surface area contributed by atoms with Crippen molar-refractivity contribution in [3.63, 3.8) is 0 Å². The number of para-hydroxylation sites is 1.